The number of aromatic nitrogens is 3. The average Bonchev–Trinajstić information content (AvgIpc) is 2.35. The van der Waals surface area contributed by atoms with Crippen molar-refractivity contribution in [3.05, 3.63) is 61.3 Å². The lowest BCUT2D eigenvalue weighted by molar-refractivity contribution is 0.445. The van der Waals surface area contributed by atoms with Crippen LogP contribution >= 0.6 is 15.9 Å². The minimum Gasteiger partial charge on any atom is -0.270 e. The van der Waals surface area contributed by atoms with Gasteiger partial charge >= 0.3 is 5.69 Å². The summed E-state index contributed by atoms with van der Waals surface area (Å²) in [5, 5.41) is 3.95. The highest BCUT2D eigenvalue weighted by Gasteiger charge is 2.11. The summed E-state index contributed by atoms with van der Waals surface area (Å²) in [6.07, 6.45) is 0.673. The van der Waals surface area contributed by atoms with Crippen LogP contribution in [-0.2, 0) is 6.42 Å². The molecule has 0 aliphatic rings. The van der Waals surface area contributed by atoms with Crippen LogP contribution in [0.2, 0.25) is 0 Å². The predicted octanol–water partition coefficient (Wildman–Crippen LogP) is 1.50. The molecule has 5 nitrogen and oxygen atoms in total. The summed E-state index contributed by atoms with van der Waals surface area (Å²) in [5.41, 5.74) is 0.107. The van der Waals surface area contributed by atoms with Crippen molar-refractivity contribution in [2.75, 3.05) is 0 Å². The van der Waals surface area contributed by atoms with E-state index in [1.165, 1.54) is 4.68 Å². The molecule has 1 aromatic carbocycles. The molecule has 0 saturated heterocycles. The smallest absolute Gasteiger partial charge is 0.270 e. The molecule has 18 heavy (non-hydrogen) atoms. The number of benzene rings is 1. The minimum absolute atomic E-state index is 0.113. The van der Waals surface area contributed by atoms with Gasteiger partial charge in [0.15, 0.2) is 4.60 Å². The van der Waals surface area contributed by atoms with Crippen molar-refractivity contribution in [2.45, 2.75) is 19.4 Å². The third kappa shape index (κ3) is 2.76. The Balaban J connectivity index is 2.30. The lowest BCUT2D eigenvalue weighted by Gasteiger charge is -2.13. The Morgan fingerprint density at radius 3 is 2.67 bits per heavy atom. The molecule has 0 aliphatic heterocycles. The summed E-state index contributed by atoms with van der Waals surface area (Å²) in [7, 11) is 0. The van der Waals surface area contributed by atoms with Crippen molar-refractivity contribution in [3.8, 4) is 0 Å². The molecule has 0 fully saturated rings. The summed E-state index contributed by atoms with van der Waals surface area (Å²) >= 11 is 3.02. The number of aromatic amines is 1. The first-order chi connectivity index (χ1) is 8.58. The topological polar surface area (TPSA) is 67.8 Å². The van der Waals surface area contributed by atoms with Crippen molar-refractivity contribution >= 4 is 15.9 Å². The summed E-state index contributed by atoms with van der Waals surface area (Å²) in [5.74, 6) is 0. The van der Waals surface area contributed by atoms with Gasteiger partial charge in [-0.3, -0.25) is 9.78 Å². The van der Waals surface area contributed by atoms with Gasteiger partial charge < -0.3 is 0 Å². The number of halogens is 1. The predicted molar refractivity (Wildman–Crippen MR) is 71.7 cm³/mol. The molecule has 94 valence electrons. The molecular weight excluding hydrogens is 298 g/mol. The van der Waals surface area contributed by atoms with E-state index in [0.29, 0.717) is 6.42 Å². The van der Waals surface area contributed by atoms with Gasteiger partial charge in [0, 0.05) is 0 Å². The van der Waals surface area contributed by atoms with Gasteiger partial charge in [-0.2, -0.15) is 5.10 Å². The Morgan fingerprint density at radius 2 is 2.00 bits per heavy atom. The van der Waals surface area contributed by atoms with Crippen LogP contribution in [0.25, 0.3) is 0 Å². The van der Waals surface area contributed by atoms with E-state index in [4.69, 9.17) is 0 Å². The van der Waals surface area contributed by atoms with E-state index >= 15 is 0 Å². The number of H-pyrrole nitrogens is 1. The molecule has 0 aliphatic carbocycles. The number of hydrogen-bond acceptors (Lipinski definition) is 3. The molecule has 1 atom stereocenters. The zero-order chi connectivity index (χ0) is 13.1. The number of nitrogens with zero attached hydrogens (tertiary/aromatic N) is 2. The molecule has 2 aromatic rings. The molecule has 1 aromatic heterocycles. The van der Waals surface area contributed by atoms with Gasteiger partial charge in [0.25, 0.3) is 5.56 Å². The van der Waals surface area contributed by atoms with Gasteiger partial charge in [-0.05, 0) is 34.8 Å². The van der Waals surface area contributed by atoms with Crippen LogP contribution in [0.1, 0.15) is 18.5 Å². The highest BCUT2D eigenvalue weighted by molar-refractivity contribution is 9.10. The van der Waals surface area contributed by atoms with E-state index in [0.717, 1.165) is 5.56 Å². The van der Waals surface area contributed by atoms with E-state index < -0.39 is 11.2 Å². The van der Waals surface area contributed by atoms with E-state index in [-0.39, 0.29) is 10.6 Å². The maximum absolute atomic E-state index is 11.6. The van der Waals surface area contributed by atoms with E-state index in [1.54, 1.807) is 0 Å². The zero-order valence-electron chi connectivity index (χ0n) is 9.76. The number of nitrogens with one attached hydrogen (secondary N) is 1. The van der Waals surface area contributed by atoms with Crippen molar-refractivity contribution in [1.82, 2.24) is 14.8 Å². The zero-order valence-corrected chi connectivity index (χ0v) is 11.3. The van der Waals surface area contributed by atoms with Gasteiger partial charge in [0.05, 0.1) is 6.04 Å². The third-order valence-corrected chi connectivity index (χ3v) is 3.12. The molecule has 1 N–H and O–H groups in total. The standard InChI is InChI=1S/C12H12BrN3O2/c1-8(7-9-5-3-2-4-6-9)16-12(18)14-11(17)10(13)15-16/h2-6,8H,7H2,1H3,(H,14,17,18). The van der Waals surface area contributed by atoms with Crippen LogP contribution in [-0.4, -0.2) is 14.8 Å². The summed E-state index contributed by atoms with van der Waals surface area (Å²) < 4.78 is 1.39. The van der Waals surface area contributed by atoms with Gasteiger partial charge in [0.2, 0.25) is 0 Å². The normalized spacial score (nSPS) is 12.3. The maximum atomic E-state index is 11.6. The highest BCUT2D eigenvalue weighted by atomic mass is 79.9. The molecule has 0 radical (unpaired) electrons. The van der Waals surface area contributed by atoms with Gasteiger partial charge in [-0.1, -0.05) is 30.3 Å². The lowest BCUT2D eigenvalue weighted by atomic mass is 10.1. The molecule has 0 spiro atoms. The van der Waals surface area contributed by atoms with Crippen LogP contribution in [0.4, 0.5) is 0 Å². The summed E-state index contributed by atoms with van der Waals surface area (Å²) in [6.45, 7) is 1.88. The Hall–Kier alpha value is -1.69. The Labute approximate surface area is 112 Å². The number of hydrogen-bond donors (Lipinski definition) is 1. The van der Waals surface area contributed by atoms with E-state index in [9.17, 15) is 9.59 Å². The summed E-state index contributed by atoms with van der Waals surface area (Å²) in [4.78, 5) is 25.1. The van der Waals surface area contributed by atoms with Crippen molar-refractivity contribution in [1.29, 1.82) is 0 Å². The fourth-order valence-electron chi connectivity index (χ4n) is 1.73. The first-order valence-corrected chi connectivity index (χ1v) is 6.30. The first kappa shape index (κ1) is 12.8. The molecule has 0 saturated carbocycles. The Morgan fingerprint density at radius 1 is 1.33 bits per heavy atom. The largest absolute Gasteiger partial charge is 0.345 e. The lowest BCUT2D eigenvalue weighted by Crippen LogP contribution is -2.35. The monoisotopic (exact) mass is 309 g/mol. The first-order valence-electron chi connectivity index (χ1n) is 5.50. The highest BCUT2D eigenvalue weighted by Crippen LogP contribution is 2.10. The van der Waals surface area contributed by atoms with Gasteiger partial charge in [-0.15, -0.1) is 0 Å². The second-order valence-corrected chi connectivity index (χ2v) is 4.78. The van der Waals surface area contributed by atoms with Crippen molar-refractivity contribution in [2.24, 2.45) is 0 Å². The molecule has 0 bridgehead atoms. The number of rotatable bonds is 3. The second kappa shape index (κ2) is 5.30. The van der Waals surface area contributed by atoms with Crippen LogP contribution in [0, 0.1) is 0 Å². The second-order valence-electron chi connectivity index (χ2n) is 4.03. The molecule has 6 heteroatoms. The van der Waals surface area contributed by atoms with Crippen LogP contribution in [0.5, 0.6) is 0 Å². The fourth-order valence-corrected chi connectivity index (χ4v) is 2.00. The van der Waals surface area contributed by atoms with Crippen molar-refractivity contribution in [3.63, 3.8) is 0 Å². The van der Waals surface area contributed by atoms with Crippen LogP contribution in [0.3, 0.4) is 0 Å². The fraction of sp³-hybridized carbons (Fsp3) is 0.250. The SMILES string of the molecule is CC(Cc1ccccc1)n1nc(Br)c(=O)[nH]c1=O. The molecular formula is C12H12BrN3O2. The molecule has 1 unspecified atom stereocenters. The molecule has 1 heterocycles. The molecule has 0 amide bonds. The minimum atomic E-state index is -0.511. The van der Waals surface area contributed by atoms with Gasteiger partial charge in [0.1, 0.15) is 0 Å². The quantitative estimate of drug-likeness (QED) is 0.934. The summed E-state index contributed by atoms with van der Waals surface area (Å²) in [6, 6.07) is 9.68. The van der Waals surface area contributed by atoms with Crippen LogP contribution in [0.15, 0.2) is 44.5 Å². The Bertz CT molecular complexity index is 648. The third-order valence-electron chi connectivity index (χ3n) is 2.60. The van der Waals surface area contributed by atoms with Crippen LogP contribution < -0.4 is 11.2 Å². The van der Waals surface area contributed by atoms with Crippen molar-refractivity contribution < 1.29 is 0 Å². The maximum Gasteiger partial charge on any atom is 0.345 e. The Kier molecular flexibility index (Phi) is 3.76. The van der Waals surface area contributed by atoms with E-state index in [2.05, 4.69) is 26.0 Å². The average molecular weight is 310 g/mol. The van der Waals surface area contributed by atoms with E-state index in [1.807, 2.05) is 37.3 Å². The van der Waals surface area contributed by atoms with Gasteiger partial charge in [-0.25, -0.2) is 9.48 Å². The molecule has 2 rings (SSSR count).